The van der Waals surface area contributed by atoms with Crippen molar-refractivity contribution in [1.82, 2.24) is 9.88 Å². The number of hydrogen-bond acceptors (Lipinski definition) is 5. The van der Waals surface area contributed by atoms with Gasteiger partial charge >= 0.3 is 11.9 Å². The van der Waals surface area contributed by atoms with Crippen molar-refractivity contribution in [3.63, 3.8) is 0 Å². The molecule has 0 saturated carbocycles. The SMILES string of the molecule is O=C(O)C(=O)O[C@H](COc1cccc2[nH]ccc12)CN1CCC(CCCc2ccccc2)CC1. The van der Waals surface area contributed by atoms with Gasteiger partial charge in [-0.1, -0.05) is 42.8 Å². The second kappa shape index (κ2) is 11.7. The van der Waals surface area contributed by atoms with E-state index in [1.807, 2.05) is 36.5 Å². The van der Waals surface area contributed by atoms with E-state index >= 15 is 0 Å². The van der Waals surface area contributed by atoms with Crippen molar-refractivity contribution in [2.45, 2.75) is 38.2 Å². The summed E-state index contributed by atoms with van der Waals surface area (Å²) in [5.41, 5.74) is 2.34. The van der Waals surface area contributed by atoms with Crippen LogP contribution >= 0.6 is 0 Å². The molecule has 0 aliphatic carbocycles. The number of fused-ring (bicyclic) bond motifs is 1. The zero-order valence-corrected chi connectivity index (χ0v) is 19.3. The van der Waals surface area contributed by atoms with E-state index in [9.17, 15) is 9.59 Å². The normalized spacial score (nSPS) is 15.8. The fourth-order valence-electron chi connectivity index (χ4n) is 4.68. The van der Waals surface area contributed by atoms with Gasteiger partial charge in [-0.3, -0.25) is 4.90 Å². The highest BCUT2D eigenvalue weighted by molar-refractivity contribution is 6.28. The lowest BCUT2D eigenvalue weighted by molar-refractivity contribution is -0.169. The van der Waals surface area contributed by atoms with Crippen LogP contribution in [0.3, 0.4) is 0 Å². The molecule has 4 rings (SSSR count). The van der Waals surface area contributed by atoms with Gasteiger partial charge in [-0.25, -0.2) is 9.59 Å². The van der Waals surface area contributed by atoms with Crippen molar-refractivity contribution in [3.05, 3.63) is 66.4 Å². The van der Waals surface area contributed by atoms with Crippen molar-refractivity contribution in [2.24, 2.45) is 5.92 Å². The molecule has 1 saturated heterocycles. The fraction of sp³-hybridized carbons (Fsp3) is 0.407. The number of aromatic nitrogens is 1. The van der Waals surface area contributed by atoms with Crippen molar-refractivity contribution in [3.8, 4) is 5.75 Å². The summed E-state index contributed by atoms with van der Waals surface area (Å²) in [4.78, 5) is 28.2. The zero-order chi connectivity index (χ0) is 23.8. The topological polar surface area (TPSA) is 91.9 Å². The van der Waals surface area contributed by atoms with Crippen LogP contribution in [-0.2, 0) is 20.7 Å². The van der Waals surface area contributed by atoms with Crippen LogP contribution in [0.15, 0.2) is 60.8 Å². The van der Waals surface area contributed by atoms with Gasteiger partial charge in [0.15, 0.2) is 0 Å². The number of H-pyrrole nitrogens is 1. The number of ether oxygens (including phenoxy) is 2. The van der Waals surface area contributed by atoms with E-state index < -0.39 is 18.0 Å². The summed E-state index contributed by atoms with van der Waals surface area (Å²) in [6, 6.07) is 18.2. The van der Waals surface area contributed by atoms with E-state index in [-0.39, 0.29) is 6.61 Å². The van der Waals surface area contributed by atoms with Gasteiger partial charge in [0.25, 0.3) is 0 Å². The third-order valence-electron chi connectivity index (χ3n) is 6.52. The van der Waals surface area contributed by atoms with Crippen LogP contribution < -0.4 is 4.74 Å². The number of nitrogens with zero attached hydrogens (tertiary/aromatic N) is 1. The van der Waals surface area contributed by atoms with Crippen LogP contribution in [0, 0.1) is 5.92 Å². The van der Waals surface area contributed by atoms with Crippen molar-refractivity contribution >= 4 is 22.8 Å². The molecule has 1 fully saturated rings. The Balaban J connectivity index is 1.27. The molecule has 2 heterocycles. The van der Waals surface area contributed by atoms with Crippen LogP contribution in [0.4, 0.5) is 0 Å². The first kappa shape index (κ1) is 23.8. The number of carboxylic acids is 1. The Kier molecular flexibility index (Phi) is 8.20. The quantitative estimate of drug-likeness (QED) is 0.344. The number of carbonyl (C=O) groups excluding carboxylic acids is 1. The maximum Gasteiger partial charge on any atom is 0.417 e. The molecule has 34 heavy (non-hydrogen) atoms. The Morgan fingerprint density at radius 3 is 2.62 bits per heavy atom. The summed E-state index contributed by atoms with van der Waals surface area (Å²) in [5.74, 6) is -1.46. The van der Waals surface area contributed by atoms with E-state index in [1.165, 1.54) is 18.4 Å². The lowest BCUT2D eigenvalue weighted by Gasteiger charge is -2.34. The van der Waals surface area contributed by atoms with Crippen molar-refractivity contribution in [1.29, 1.82) is 0 Å². The first-order valence-corrected chi connectivity index (χ1v) is 12.0. The van der Waals surface area contributed by atoms with Crippen LogP contribution in [0.25, 0.3) is 10.9 Å². The second-order valence-corrected chi connectivity index (χ2v) is 8.96. The minimum absolute atomic E-state index is 0.0975. The predicted molar refractivity (Wildman–Crippen MR) is 130 cm³/mol. The molecule has 1 aromatic heterocycles. The minimum atomic E-state index is -1.59. The fourth-order valence-corrected chi connectivity index (χ4v) is 4.68. The van der Waals surface area contributed by atoms with Gasteiger partial charge in [-0.2, -0.15) is 0 Å². The monoisotopic (exact) mass is 464 g/mol. The molecule has 0 spiro atoms. The number of nitrogens with one attached hydrogen (secondary N) is 1. The molecule has 2 aromatic carbocycles. The molecule has 2 N–H and O–H groups in total. The largest absolute Gasteiger partial charge is 0.489 e. The zero-order valence-electron chi connectivity index (χ0n) is 19.3. The maximum absolute atomic E-state index is 11.8. The first-order chi connectivity index (χ1) is 16.6. The number of aryl methyl sites for hydroxylation is 1. The highest BCUT2D eigenvalue weighted by Crippen LogP contribution is 2.26. The number of carboxylic acid groups (broad SMARTS) is 1. The summed E-state index contributed by atoms with van der Waals surface area (Å²) < 4.78 is 11.2. The smallest absolute Gasteiger partial charge is 0.417 e. The Morgan fingerprint density at radius 2 is 1.85 bits per heavy atom. The Hall–Kier alpha value is -3.32. The van der Waals surface area contributed by atoms with Gasteiger partial charge in [0.05, 0.1) is 0 Å². The molecule has 7 heteroatoms. The summed E-state index contributed by atoms with van der Waals surface area (Å²) in [7, 11) is 0. The molecule has 0 radical (unpaired) electrons. The average Bonchev–Trinajstić information content (AvgIpc) is 3.34. The van der Waals surface area contributed by atoms with Crippen molar-refractivity contribution < 1.29 is 24.2 Å². The number of benzene rings is 2. The summed E-state index contributed by atoms with van der Waals surface area (Å²) in [6.45, 7) is 2.37. The second-order valence-electron chi connectivity index (χ2n) is 8.96. The number of aromatic amines is 1. The molecular weight excluding hydrogens is 432 g/mol. The van der Waals surface area contributed by atoms with E-state index in [0.29, 0.717) is 18.2 Å². The number of carbonyl (C=O) groups is 2. The molecular formula is C27H32N2O5. The standard InChI is InChI=1S/C27H32N2O5/c30-26(31)27(32)34-22(19-33-25-11-5-10-24-23(25)12-15-28-24)18-29-16-13-21(14-17-29)9-4-8-20-6-2-1-3-7-20/h1-3,5-7,10-12,15,21-22,28H,4,8-9,13-14,16-19H2,(H,30,31)/t22-/m0/s1. The predicted octanol–water partition coefficient (Wildman–Crippen LogP) is 4.28. The van der Waals surface area contributed by atoms with Gasteiger partial charge in [-0.05, 0) is 68.5 Å². The van der Waals surface area contributed by atoms with Gasteiger partial charge in [0.2, 0.25) is 0 Å². The van der Waals surface area contributed by atoms with Gasteiger partial charge in [-0.15, -0.1) is 0 Å². The number of piperidine rings is 1. The molecule has 1 aliphatic heterocycles. The molecule has 7 nitrogen and oxygen atoms in total. The Bertz CT molecular complexity index is 1070. The third-order valence-corrected chi connectivity index (χ3v) is 6.52. The van der Waals surface area contributed by atoms with E-state index in [1.54, 1.807) is 0 Å². The molecule has 0 bridgehead atoms. The number of hydrogen-bond donors (Lipinski definition) is 2. The Morgan fingerprint density at radius 1 is 1.06 bits per heavy atom. The molecule has 3 aromatic rings. The summed E-state index contributed by atoms with van der Waals surface area (Å²) in [5, 5.41) is 9.93. The van der Waals surface area contributed by atoms with Gasteiger partial charge < -0.3 is 19.6 Å². The number of likely N-dealkylation sites (tertiary alicyclic amines) is 1. The van der Waals surface area contributed by atoms with E-state index in [0.717, 1.165) is 43.3 Å². The first-order valence-electron chi connectivity index (χ1n) is 12.0. The van der Waals surface area contributed by atoms with Gasteiger partial charge in [0.1, 0.15) is 18.5 Å². The van der Waals surface area contributed by atoms with E-state index in [4.69, 9.17) is 14.6 Å². The number of esters is 1. The van der Waals surface area contributed by atoms with Crippen LogP contribution in [-0.4, -0.2) is 59.3 Å². The lowest BCUT2D eigenvalue weighted by Crippen LogP contribution is -2.43. The highest BCUT2D eigenvalue weighted by atomic mass is 16.6. The lowest BCUT2D eigenvalue weighted by atomic mass is 9.90. The Labute approximate surface area is 199 Å². The summed E-state index contributed by atoms with van der Waals surface area (Å²) in [6.07, 6.45) is 6.88. The molecule has 0 amide bonds. The summed E-state index contributed by atoms with van der Waals surface area (Å²) >= 11 is 0. The third kappa shape index (κ3) is 6.60. The highest BCUT2D eigenvalue weighted by Gasteiger charge is 2.26. The van der Waals surface area contributed by atoms with Crippen LogP contribution in [0.1, 0.15) is 31.2 Å². The van der Waals surface area contributed by atoms with Gasteiger partial charge in [0, 0.05) is 23.6 Å². The molecule has 180 valence electrons. The molecule has 0 unspecified atom stereocenters. The van der Waals surface area contributed by atoms with Crippen LogP contribution in [0.5, 0.6) is 5.75 Å². The minimum Gasteiger partial charge on any atom is -0.489 e. The molecule has 1 atom stereocenters. The van der Waals surface area contributed by atoms with Crippen LogP contribution in [0.2, 0.25) is 0 Å². The van der Waals surface area contributed by atoms with E-state index in [2.05, 4.69) is 34.1 Å². The number of aliphatic carboxylic acids is 1. The van der Waals surface area contributed by atoms with Crippen molar-refractivity contribution in [2.75, 3.05) is 26.2 Å². The average molecular weight is 465 g/mol. The molecule has 1 aliphatic rings. The maximum atomic E-state index is 11.8. The number of rotatable bonds is 10.